The lowest BCUT2D eigenvalue weighted by Gasteiger charge is -2.26. The summed E-state index contributed by atoms with van der Waals surface area (Å²) in [5.74, 6) is 1.62. The molecule has 0 saturated heterocycles. The highest BCUT2D eigenvalue weighted by atomic mass is 32.1. The Labute approximate surface area is 165 Å². The van der Waals surface area contributed by atoms with Crippen molar-refractivity contribution in [2.24, 2.45) is 0 Å². The Morgan fingerprint density at radius 3 is 2.56 bits per heavy atom. The van der Waals surface area contributed by atoms with Crippen molar-refractivity contribution in [2.75, 3.05) is 12.4 Å². The van der Waals surface area contributed by atoms with E-state index >= 15 is 0 Å². The molecule has 0 fully saturated rings. The van der Waals surface area contributed by atoms with Gasteiger partial charge < -0.3 is 19.4 Å². The van der Waals surface area contributed by atoms with Crippen molar-refractivity contribution in [2.45, 2.75) is 26.9 Å². The first kappa shape index (κ1) is 19.0. The van der Waals surface area contributed by atoms with Crippen LogP contribution in [0.1, 0.15) is 22.5 Å². The predicted molar refractivity (Wildman–Crippen MR) is 113 cm³/mol. The maximum absolute atomic E-state index is 5.73. The number of ether oxygens (including phenoxy) is 1. The number of aryl methyl sites for hydroxylation is 2. The summed E-state index contributed by atoms with van der Waals surface area (Å²) >= 11 is 5.73. The number of furan rings is 1. The van der Waals surface area contributed by atoms with Gasteiger partial charge in [0.05, 0.1) is 25.6 Å². The van der Waals surface area contributed by atoms with Crippen LogP contribution in [0.25, 0.3) is 0 Å². The van der Waals surface area contributed by atoms with E-state index in [0.29, 0.717) is 18.2 Å². The van der Waals surface area contributed by atoms with Crippen molar-refractivity contribution in [3.05, 3.63) is 83.3 Å². The quantitative estimate of drug-likeness (QED) is 0.587. The summed E-state index contributed by atoms with van der Waals surface area (Å²) in [6, 6.07) is 18.3. The van der Waals surface area contributed by atoms with Crippen LogP contribution in [0.5, 0.6) is 5.75 Å². The van der Waals surface area contributed by atoms with Gasteiger partial charge >= 0.3 is 0 Å². The molecule has 0 bridgehead atoms. The van der Waals surface area contributed by atoms with Crippen LogP contribution in [0.2, 0.25) is 0 Å². The second kappa shape index (κ2) is 8.73. The zero-order valence-corrected chi connectivity index (χ0v) is 16.7. The van der Waals surface area contributed by atoms with Gasteiger partial charge in [-0.1, -0.05) is 35.9 Å². The highest BCUT2D eigenvalue weighted by Crippen LogP contribution is 2.26. The molecule has 0 aliphatic heterocycles. The van der Waals surface area contributed by atoms with Crippen LogP contribution in [-0.4, -0.2) is 17.1 Å². The average Bonchev–Trinajstić information content (AvgIpc) is 3.14. The van der Waals surface area contributed by atoms with Gasteiger partial charge in [0.2, 0.25) is 0 Å². The molecule has 0 aliphatic rings. The molecular weight excluding hydrogens is 356 g/mol. The summed E-state index contributed by atoms with van der Waals surface area (Å²) in [5, 5.41) is 3.96. The summed E-state index contributed by atoms with van der Waals surface area (Å²) in [7, 11) is 1.66. The van der Waals surface area contributed by atoms with E-state index in [1.165, 1.54) is 11.1 Å². The predicted octanol–water partition coefficient (Wildman–Crippen LogP) is 5.30. The lowest BCUT2D eigenvalue weighted by Crippen LogP contribution is -2.33. The third kappa shape index (κ3) is 5.11. The molecule has 1 heterocycles. The van der Waals surface area contributed by atoms with Gasteiger partial charge in [-0.25, -0.2) is 0 Å². The van der Waals surface area contributed by atoms with E-state index in [2.05, 4.69) is 41.4 Å². The Morgan fingerprint density at radius 2 is 1.85 bits per heavy atom. The van der Waals surface area contributed by atoms with Gasteiger partial charge in [0.1, 0.15) is 11.5 Å². The van der Waals surface area contributed by atoms with Crippen LogP contribution >= 0.6 is 12.2 Å². The van der Waals surface area contributed by atoms with E-state index < -0.39 is 0 Å². The minimum Gasteiger partial charge on any atom is -0.495 e. The summed E-state index contributed by atoms with van der Waals surface area (Å²) < 4.78 is 11.0. The van der Waals surface area contributed by atoms with Crippen LogP contribution in [0.4, 0.5) is 5.69 Å². The van der Waals surface area contributed by atoms with E-state index in [0.717, 1.165) is 22.8 Å². The molecule has 0 aliphatic carbocycles. The molecule has 140 valence electrons. The normalized spacial score (nSPS) is 10.5. The van der Waals surface area contributed by atoms with Gasteiger partial charge in [-0.15, -0.1) is 0 Å². The highest BCUT2D eigenvalue weighted by Gasteiger charge is 2.15. The zero-order chi connectivity index (χ0) is 19.2. The second-order valence-corrected chi connectivity index (χ2v) is 6.95. The first-order chi connectivity index (χ1) is 13.0. The van der Waals surface area contributed by atoms with Gasteiger partial charge in [-0.05, 0) is 61.5 Å². The van der Waals surface area contributed by atoms with Crippen LogP contribution in [0.3, 0.4) is 0 Å². The zero-order valence-electron chi connectivity index (χ0n) is 15.9. The summed E-state index contributed by atoms with van der Waals surface area (Å²) in [6.45, 7) is 5.40. The first-order valence-electron chi connectivity index (χ1n) is 8.83. The topological polar surface area (TPSA) is 37.6 Å². The summed E-state index contributed by atoms with van der Waals surface area (Å²) in [5.41, 5.74) is 4.42. The van der Waals surface area contributed by atoms with Crippen LogP contribution in [-0.2, 0) is 13.1 Å². The fraction of sp³-hybridized carbons (Fsp3) is 0.227. The van der Waals surface area contributed by atoms with E-state index in [1.54, 1.807) is 13.4 Å². The molecule has 0 spiro atoms. The third-order valence-electron chi connectivity index (χ3n) is 4.27. The molecule has 0 saturated carbocycles. The maximum atomic E-state index is 5.73. The molecule has 5 heteroatoms. The van der Waals surface area contributed by atoms with Crippen LogP contribution in [0.15, 0.2) is 65.3 Å². The van der Waals surface area contributed by atoms with E-state index in [4.69, 9.17) is 21.4 Å². The van der Waals surface area contributed by atoms with Crippen molar-refractivity contribution in [3.8, 4) is 5.75 Å². The van der Waals surface area contributed by atoms with E-state index in [1.807, 2.05) is 37.3 Å². The minimum atomic E-state index is 0.584. The Balaban J connectivity index is 1.83. The number of nitrogens with zero attached hydrogens (tertiary/aromatic N) is 1. The largest absolute Gasteiger partial charge is 0.495 e. The van der Waals surface area contributed by atoms with Gasteiger partial charge in [-0.2, -0.15) is 0 Å². The molecule has 4 nitrogen and oxygen atoms in total. The van der Waals surface area contributed by atoms with Crippen molar-refractivity contribution in [3.63, 3.8) is 0 Å². The standard InChI is InChI=1S/C22H24N2O2S/c1-16-6-4-7-18(12-16)14-24(15-19-8-5-11-26-19)22(27)23-20-13-17(2)9-10-21(20)25-3/h4-13H,14-15H2,1-3H3,(H,23,27). The number of anilines is 1. The second-order valence-electron chi connectivity index (χ2n) is 6.56. The molecule has 1 N–H and O–H groups in total. The summed E-state index contributed by atoms with van der Waals surface area (Å²) in [6.07, 6.45) is 1.68. The maximum Gasteiger partial charge on any atom is 0.174 e. The number of nitrogens with one attached hydrogen (secondary N) is 1. The molecular formula is C22H24N2O2S. The minimum absolute atomic E-state index is 0.584. The summed E-state index contributed by atoms with van der Waals surface area (Å²) in [4.78, 5) is 2.09. The Kier molecular flexibility index (Phi) is 6.14. The number of thiocarbonyl (C=S) groups is 1. The molecule has 0 atom stereocenters. The van der Waals surface area contributed by atoms with Crippen molar-refractivity contribution < 1.29 is 9.15 Å². The Hall–Kier alpha value is -2.79. The number of rotatable bonds is 6. The SMILES string of the molecule is COc1ccc(C)cc1NC(=S)N(Cc1cccc(C)c1)Cc1ccco1. The third-order valence-corrected chi connectivity index (χ3v) is 4.63. The first-order valence-corrected chi connectivity index (χ1v) is 9.24. The van der Waals surface area contributed by atoms with Crippen molar-refractivity contribution in [1.82, 2.24) is 4.90 Å². The van der Waals surface area contributed by atoms with E-state index in [9.17, 15) is 0 Å². The number of hydrogen-bond acceptors (Lipinski definition) is 3. The molecule has 3 rings (SSSR count). The van der Waals surface area contributed by atoms with Crippen molar-refractivity contribution >= 4 is 23.0 Å². The smallest absolute Gasteiger partial charge is 0.174 e. The number of hydrogen-bond donors (Lipinski definition) is 1. The van der Waals surface area contributed by atoms with Gasteiger partial charge in [-0.3, -0.25) is 0 Å². The van der Waals surface area contributed by atoms with E-state index in [-0.39, 0.29) is 0 Å². The molecule has 0 amide bonds. The highest BCUT2D eigenvalue weighted by molar-refractivity contribution is 7.80. The number of methoxy groups -OCH3 is 1. The fourth-order valence-electron chi connectivity index (χ4n) is 2.93. The molecule has 27 heavy (non-hydrogen) atoms. The molecule has 2 aromatic carbocycles. The van der Waals surface area contributed by atoms with Gasteiger partial charge in [0.25, 0.3) is 0 Å². The number of benzene rings is 2. The van der Waals surface area contributed by atoms with Crippen molar-refractivity contribution in [1.29, 1.82) is 0 Å². The Bertz CT molecular complexity index is 906. The van der Waals surface area contributed by atoms with Crippen LogP contribution < -0.4 is 10.1 Å². The molecule has 0 unspecified atom stereocenters. The lowest BCUT2D eigenvalue weighted by molar-refractivity contribution is 0.360. The van der Waals surface area contributed by atoms with Crippen LogP contribution in [0, 0.1) is 13.8 Å². The fourth-order valence-corrected chi connectivity index (χ4v) is 3.17. The van der Waals surface area contributed by atoms with Gasteiger partial charge in [0.15, 0.2) is 5.11 Å². The lowest BCUT2D eigenvalue weighted by atomic mass is 10.1. The molecule has 3 aromatic rings. The monoisotopic (exact) mass is 380 g/mol. The average molecular weight is 381 g/mol. The molecule has 1 aromatic heterocycles. The van der Waals surface area contributed by atoms with Gasteiger partial charge in [0, 0.05) is 6.54 Å². The molecule has 0 radical (unpaired) electrons. The Morgan fingerprint density at radius 1 is 1.04 bits per heavy atom.